The molecule has 0 spiro atoms. The van der Waals surface area contributed by atoms with Crippen LogP contribution in [0, 0.1) is 0 Å². The molecule has 1 aromatic rings. The van der Waals surface area contributed by atoms with Crippen molar-refractivity contribution in [1.82, 2.24) is 4.72 Å². The maximum Gasteiger partial charge on any atom is 0.242 e. The summed E-state index contributed by atoms with van der Waals surface area (Å²) in [6.45, 7) is 6.91. The van der Waals surface area contributed by atoms with Crippen LogP contribution in [0.15, 0.2) is 29.2 Å². The van der Waals surface area contributed by atoms with Gasteiger partial charge in [-0.25, -0.2) is 13.1 Å². The van der Waals surface area contributed by atoms with Crippen molar-refractivity contribution in [2.45, 2.75) is 44.0 Å². The highest BCUT2D eigenvalue weighted by atomic mass is 32.2. The van der Waals surface area contributed by atoms with Crippen molar-refractivity contribution >= 4 is 15.7 Å². The van der Waals surface area contributed by atoms with Crippen molar-refractivity contribution in [2.75, 3.05) is 18.4 Å². The van der Waals surface area contributed by atoms with Crippen molar-refractivity contribution in [2.24, 2.45) is 5.73 Å². The third-order valence-electron chi connectivity index (χ3n) is 2.96. The first kappa shape index (κ1) is 16.9. The van der Waals surface area contributed by atoms with Gasteiger partial charge >= 0.3 is 0 Å². The maximum atomic E-state index is 12.3. The zero-order valence-corrected chi connectivity index (χ0v) is 13.3. The Labute approximate surface area is 122 Å². The normalized spacial score (nSPS) is 12.4. The molecule has 0 amide bonds. The van der Waals surface area contributed by atoms with Crippen LogP contribution in [0.2, 0.25) is 0 Å². The van der Waals surface area contributed by atoms with E-state index in [1.54, 1.807) is 18.2 Å². The van der Waals surface area contributed by atoms with Crippen LogP contribution in [-0.4, -0.2) is 27.0 Å². The zero-order chi connectivity index (χ0) is 15.2. The van der Waals surface area contributed by atoms with Crippen LogP contribution in [0.1, 0.15) is 33.6 Å². The number of para-hydroxylation sites is 1. The van der Waals surface area contributed by atoms with E-state index in [0.717, 1.165) is 12.8 Å². The molecule has 4 N–H and O–H groups in total. The first-order valence-corrected chi connectivity index (χ1v) is 8.37. The largest absolute Gasteiger partial charge is 0.379 e. The van der Waals surface area contributed by atoms with Gasteiger partial charge in [-0.3, -0.25) is 0 Å². The van der Waals surface area contributed by atoms with E-state index in [4.69, 9.17) is 5.73 Å². The summed E-state index contributed by atoms with van der Waals surface area (Å²) in [5, 5.41) is 3.27. The van der Waals surface area contributed by atoms with Crippen LogP contribution in [0.25, 0.3) is 0 Å². The first-order chi connectivity index (χ1) is 9.32. The maximum absolute atomic E-state index is 12.3. The minimum Gasteiger partial charge on any atom is -0.379 e. The highest BCUT2D eigenvalue weighted by molar-refractivity contribution is 7.89. The summed E-state index contributed by atoms with van der Waals surface area (Å²) in [6, 6.07) is 6.93. The predicted molar refractivity (Wildman–Crippen MR) is 83.3 cm³/mol. The van der Waals surface area contributed by atoms with E-state index in [-0.39, 0.29) is 10.4 Å². The molecule has 0 saturated heterocycles. The van der Waals surface area contributed by atoms with Crippen molar-refractivity contribution in [3.8, 4) is 0 Å². The lowest BCUT2D eigenvalue weighted by Gasteiger charge is -2.28. The lowest BCUT2D eigenvalue weighted by Crippen LogP contribution is -2.34. The summed E-state index contributed by atoms with van der Waals surface area (Å²) in [7, 11) is -3.48. The topological polar surface area (TPSA) is 84.2 Å². The third-order valence-corrected chi connectivity index (χ3v) is 4.48. The van der Waals surface area contributed by atoms with Crippen LogP contribution < -0.4 is 15.8 Å². The molecular weight excluding hydrogens is 274 g/mol. The minimum absolute atomic E-state index is 0.259. The van der Waals surface area contributed by atoms with Crippen LogP contribution in [0.3, 0.4) is 0 Å². The van der Waals surface area contributed by atoms with Crippen molar-refractivity contribution < 1.29 is 8.42 Å². The molecule has 1 aromatic carbocycles. The first-order valence-electron chi connectivity index (χ1n) is 6.89. The average molecular weight is 299 g/mol. The van der Waals surface area contributed by atoms with E-state index in [1.807, 2.05) is 26.8 Å². The monoisotopic (exact) mass is 299 g/mol. The molecule has 1 rings (SSSR count). The number of nitrogens with two attached hydrogens (primary N) is 1. The van der Waals surface area contributed by atoms with Gasteiger partial charge < -0.3 is 11.1 Å². The lowest BCUT2D eigenvalue weighted by atomic mass is 10.0. The summed E-state index contributed by atoms with van der Waals surface area (Å²) >= 11 is 0. The smallest absolute Gasteiger partial charge is 0.242 e. The molecule has 0 unspecified atom stereocenters. The van der Waals surface area contributed by atoms with Gasteiger partial charge in [0.2, 0.25) is 10.0 Å². The van der Waals surface area contributed by atoms with Crippen molar-refractivity contribution in [3.05, 3.63) is 24.3 Å². The van der Waals surface area contributed by atoms with Gasteiger partial charge in [0.1, 0.15) is 4.90 Å². The van der Waals surface area contributed by atoms with Gasteiger partial charge in [-0.2, -0.15) is 0 Å². The molecule has 20 heavy (non-hydrogen) atoms. The Morgan fingerprint density at radius 2 is 1.90 bits per heavy atom. The second-order valence-electron chi connectivity index (χ2n) is 5.44. The second-order valence-corrected chi connectivity index (χ2v) is 7.18. The van der Waals surface area contributed by atoms with Gasteiger partial charge in [0, 0.05) is 12.1 Å². The van der Waals surface area contributed by atoms with Gasteiger partial charge in [0.05, 0.1) is 5.69 Å². The quantitative estimate of drug-likeness (QED) is 0.684. The molecule has 0 aliphatic heterocycles. The van der Waals surface area contributed by atoms with E-state index < -0.39 is 10.0 Å². The fourth-order valence-corrected chi connectivity index (χ4v) is 3.20. The summed E-state index contributed by atoms with van der Waals surface area (Å²) in [6.07, 6.45) is 1.51. The molecule has 6 heteroatoms. The third kappa shape index (κ3) is 4.77. The summed E-state index contributed by atoms with van der Waals surface area (Å²) < 4.78 is 27.2. The van der Waals surface area contributed by atoms with Crippen LogP contribution in [0.4, 0.5) is 5.69 Å². The average Bonchev–Trinajstić information content (AvgIpc) is 2.36. The number of benzene rings is 1. The Hall–Kier alpha value is -1.11. The number of anilines is 1. The standard InChI is InChI=1S/C14H25N3O2S/c1-4-11-16-20(18,19)13-8-6-5-7-12(13)17-14(2,3)9-10-15/h5-8,16-17H,4,9-11,15H2,1-3H3. The van der Waals surface area contributed by atoms with E-state index in [2.05, 4.69) is 10.0 Å². The van der Waals surface area contributed by atoms with Crippen LogP contribution in [-0.2, 0) is 10.0 Å². The molecule has 0 heterocycles. The van der Waals surface area contributed by atoms with Crippen LogP contribution >= 0.6 is 0 Å². The van der Waals surface area contributed by atoms with Gasteiger partial charge in [-0.15, -0.1) is 0 Å². The molecule has 0 aliphatic rings. The number of hydrogen-bond acceptors (Lipinski definition) is 4. The van der Waals surface area contributed by atoms with Gasteiger partial charge in [0.15, 0.2) is 0 Å². The van der Waals surface area contributed by atoms with E-state index in [9.17, 15) is 8.42 Å². The Morgan fingerprint density at radius 3 is 2.50 bits per heavy atom. The molecule has 0 aliphatic carbocycles. The molecule has 0 atom stereocenters. The minimum atomic E-state index is -3.48. The van der Waals surface area contributed by atoms with Gasteiger partial charge in [0.25, 0.3) is 0 Å². The number of sulfonamides is 1. The second kappa shape index (κ2) is 7.06. The van der Waals surface area contributed by atoms with E-state index >= 15 is 0 Å². The molecule has 0 saturated carbocycles. The molecule has 0 fully saturated rings. The number of hydrogen-bond donors (Lipinski definition) is 3. The van der Waals surface area contributed by atoms with Crippen molar-refractivity contribution in [1.29, 1.82) is 0 Å². The summed E-state index contributed by atoms with van der Waals surface area (Å²) in [4.78, 5) is 0.276. The molecule has 5 nitrogen and oxygen atoms in total. The molecule has 0 aromatic heterocycles. The Bertz CT molecular complexity index is 527. The van der Waals surface area contributed by atoms with Gasteiger partial charge in [-0.1, -0.05) is 19.1 Å². The predicted octanol–water partition coefficient (Wildman–Crippen LogP) is 1.91. The van der Waals surface area contributed by atoms with Crippen LogP contribution in [0.5, 0.6) is 0 Å². The Kier molecular flexibility index (Phi) is 5.98. The van der Waals surface area contributed by atoms with E-state index in [0.29, 0.717) is 18.8 Å². The SMILES string of the molecule is CCCNS(=O)(=O)c1ccccc1NC(C)(C)CCN. The summed E-state index contributed by atoms with van der Waals surface area (Å²) in [5.74, 6) is 0. The van der Waals surface area contributed by atoms with Crippen molar-refractivity contribution in [3.63, 3.8) is 0 Å². The summed E-state index contributed by atoms with van der Waals surface area (Å²) in [5.41, 5.74) is 5.93. The molecular formula is C14H25N3O2S. The highest BCUT2D eigenvalue weighted by Gasteiger charge is 2.22. The lowest BCUT2D eigenvalue weighted by molar-refractivity contribution is 0.524. The van der Waals surface area contributed by atoms with Gasteiger partial charge in [-0.05, 0) is 45.4 Å². The number of rotatable bonds is 8. The Morgan fingerprint density at radius 1 is 1.25 bits per heavy atom. The Balaban J connectivity index is 3.05. The molecule has 0 bridgehead atoms. The molecule has 0 radical (unpaired) electrons. The fourth-order valence-electron chi connectivity index (χ4n) is 1.91. The molecule has 114 valence electrons. The number of nitrogens with one attached hydrogen (secondary N) is 2. The van der Waals surface area contributed by atoms with E-state index in [1.165, 1.54) is 0 Å². The fraction of sp³-hybridized carbons (Fsp3) is 0.571. The zero-order valence-electron chi connectivity index (χ0n) is 12.4. The highest BCUT2D eigenvalue weighted by Crippen LogP contribution is 2.25.